The van der Waals surface area contributed by atoms with Crippen molar-refractivity contribution in [3.8, 4) is 22.6 Å². The summed E-state index contributed by atoms with van der Waals surface area (Å²) in [5, 5.41) is 21.5. The van der Waals surface area contributed by atoms with E-state index in [1.54, 1.807) is 48.6 Å². The second-order valence-electron chi connectivity index (χ2n) is 9.17. The molecule has 0 saturated carbocycles. The molecule has 0 atom stereocenters. The summed E-state index contributed by atoms with van der Waals surface area (Å²) in [6, 6.07) is 21.2. The number of hydrogen-bond donors (Lipinski definition) is 1. The summed E-state index contributed by atoms with van der Waals surface area (Å²) in [5.41, 5.74) is 4.77. The number of aromatic carboxylic acids is 1. The topological polar surface area (TPSA) is 89.7 Å². The van der Waals surface area contributed by atoms with E-state index in [0.29, 0.717) is 16.9 Å². The average molecular weight is 510 g/mol. The molecule has 0 aliphatic heterocycles. The summed E-state index contributed by atoms with van der Waals surface area (Å²) in [5.74, 6) is -0.778. The first kappa shape index (κ1) is 24.9. The van der Waals surface area contributed by atoms with Gasteiger partial charge in [0.15, 0.2) is 0 Å². The van der Waals surface area contributed by atoms with Gasteiger partial charge in [0.05, 0.1) is 10.5 Å². The lowest BCUT2D eigenvalue weighted by atomic mass is 9.92. The molecule has 0 fully saturated rings. The molecule has 190 valence electrons. The lowest BCUT2D eigenvalue weighted by molar-refractivity contribution is -0.385. The zero-order valence-corrected chi connectivity index (χ0v) is 20.4. The number of ether oxygens (including phenoxy) is 1. The van der Waals surface area contributed by atoms with Gasteiger partial charge in [-0.1, -0.05) is 42.5 Å². The molecule has 0 unspecified atom stereocenters. The highest BCUT2D eigenvalue weighted by atomic mass is 19.1. The Kier molecular flexibility index (Phi) is 7.00. The highest BCUT2D eigenvalue weighted by Crippen LogP contribution is 2.35. The van der Waals surface area contributed by atoms with Crippen molar-refractivity contribution in [1.82, 2.24) is 0 Å². The second kappa shape index (κ2) is 10.7. The fourth-order valence-corrected chi connectivity index (χ4v) is 4.67. The van der Waals surface area contributed by atoms with Crippen molar-refractivity contribution in [3.05, 3.63) is 123 Å². The van der Waals surface area contributed by atoms with Crippen molar-refractivity contribution in [2.75, 3.05) is 0 Å². The van der Waals surface area contributed by atoms with Gasteiger partial charge in [0, 0.05) is 6.07 Å². The molecule has 0 spiro atoms. The molecule has 38 heavy (non-hydrogen) atoms. The van der Waals surface area contributed by atoms with E-state index in [-0.39, 0.29) is 22.8 Å². The largest absolute Gasteiger partial charge is 0.478 e. The van der Waals surface area contributed by atoms with Crippen LogP contribution in [-0.2, 0) is 12.8 Å². The number of rotatable bonds is 7. The Bertz CT molecular complexity index is 1560. The van der Waals surface area contributed by atoms with Crippen molar-refractivity contribution >= 4 is 23.8 Å². The summed E-state index contributed by atoms with van der Waals surface area (Å²) in [6.07, 6.45) is 7.50. The molecule has 0 heterocycles. The number of benzene rings is 4. The summed E-state index contributed by atoms with van der Waals surface area (Å²) >= 11 is 0. The molecule has 4 aromatic carbocycles. The Morgan fingerprint density at radius 2 is 1.61 bits per heavy atom. The first-order chi connectivity index (χ1) is 18.4. The van der Waals surface area contributed by atoms with E-state index in [9.17, 15) is 24.4 Å². The lowest BCUT2D eigenvalue weighted by Gasteiger charge is -2.16. The Hall–Kier alpha value is -4.78. The molecule has 0 bridgehead atoms. The molecule has 0 radical (unpaired) electrons. The van der Waals surface area contributed by atoms with E-state index in [2.05, 4.69) is 0 Å². The average Bonchev–Trinajstić information content (AvgIpc) is 2.92. The van der Waals surface area contributed by atoms with Gasteiger partial charge in [0.2, 0.25) is 5.75 Å². The highest BCUT2D eigenvalue weighted by Gasteiger charge is 2.18. The minimum Gasteiger partial charge on any atom is -0.478 e. The van der Waals surface area contributed by atoms with Crippen LogP contribution in [0.15, 0.2) is 78.9 Å². The molecule has 0 aromatic heterocycles. The Morgan fingerprint density at radius 1 is 0.868 bits per heavy atom. The number of carboxylic acid groups (broad SMARTS) is 1. The van der Waals surface area contributed by atoms with Crippen LogP contribution in [0.3, 0.4) is 0 Å². The molecule has 1 aliphatic rings. The van der Waals surface area contributed by atoms with Crippen LogP contribution in [0, 0.1) is 15.9 Å². The molecule has 6 nitrogen and oxygen atoms in total. The lowest BCUT2D eigenvalue weighted by Crippen LogP contribution is -2.02. The number of nitro benzene ring substituents is 1. The van der Waals surface area contributed by atoms with Crippen LogP contribution >= 0.6 is 0 Å². The number of carbonyl (C=O) groups is 1. The number of fused-ring (bicyclic) bond motifs is 1. The molecule has 1 aliphatic carbocycles. The van der Waals surface area contributed by atoms with E-state index in [1.807, 2.05) is 18.2 Å². The minimum absolute atomic E-state index is 0.0778. The smallest absolute Gasteiger partial charge is 0.336 e. The second-order valence-corrected chi connectivity index (χ2v) is 9.17. The Morgan fingerprint density at radius 3 is 2.34 bits per heavy atom. The van der Waals surface area contributed by atoms with Crippen LogP contribution in [0.2, 0.25) is 0 Å². The van der Waals surface area contributed by atoms with E-state index < -0.39 is 10.9 Å². The van der Waals surface area contributed by atoms with Crippen molar-refractivity contribution in [2.45, 2.75) is 25.7 Å². The number of halogens is 1. The highest BCUT2D eigenvalue weighted by molar-refractivity contribution is 5.94. The number of hydrogen-bond acceptors (Lipinski definition) is 4. The van der Waals surface area contributed by atoms with Crippen LogP contribution in [0.4, 0.5) is 10.1 Å². The van der Waals surface area contributed by atoms with Crippen molar-refractivity contribution in [2.24, 2.45) is 0 Å². The predicted octanol–water partition coefficient (Wildman–Crippen LogP) is 7.94. The number of nitrogens with zero attached hydrogens (tertiary/aromatic N) is 1. The fourth-order valence-electron chi connectivity index (χ4n) is 4.67. The summed E-state index contributed by atoms with van der Waals surface area (Å²) in [7, 11) is 0. The van der Waals surface area contributed by atoms with Gasteiger partial charge in [0.25, 0.3) is 0 Å². The third-order valence-corrected chi connectivity index (χ3v) is 6.64. The third-order valence-electron chi connectivity index (χ3n) is 6.64. The Balaban J connectivity index is 1.44. The Labute approximate surface area is 218 Å². The van der Waals surface area contributed by atoms with Crippen molar-refractivity contribution in [3.63, 3.8) is 0 Å². The van der Waals surface area contributed by atoms with E-state index >= 15 is 0 Å². The van der Waals surface area contributed by atoms with E-state index in [4.69, 9.17) is 4.74 Å². The molecular formula is C31H24FNO5. The SMILES string of the molecule is O=C(O)c1ccc(-c2ccc(F)cc2)cc1/C=C/c1ccc(Oc2ccc3c(c2)CCCC3)c([N+](=O)[O-])c1. The monoisotopic (exact) mass is 509 g/mol. The third kappa shape index (κ3) is 5.47. The normalized spacial score (nSPS) is 12.8. The van der Waals surface area contributed by atoms with Crippen LogP contribution < -0.4 is 4.74 Å². The van der Waals surface area contributed by atoms with Gasteiger partial charge in [-0.2, -0.15) is 0 Å². The zero-order chi connectivity index (χ0) is 26.6. The van der Waals surface area contributed by atoms with Gasteiger partial charge >= 0.3 is 11.7 Å². The maximum atomic E-state index is 13.3. The first-order valence-corrected chi connectivity index (χ1v) is 12.3. The quantitative estimate of drug-likeness (QED) is 0.155. The van der Waals surface area contributed by atoms with Crippen LogP contribution in [0.1, 0.15) is 45.5 Å². The first-order valence-electron chi connectivity index (χ1n) is 12.3. The van der Waals surface area contributed by atoms with Crippen molar-refractivity contribution < 1.29 is 24.0 Å². The number of aryl methyl sites for hydroxylation is 2. The minimum atomic E-state index is -1.10. The molecule has 4 aromatic rings. The van der Waals surface area contributed by atoms with Gasteiger partial charge in [-0.05, 0) is 102 Å². The van der Waals surface area contributed by atoms with Gasteiger partial charge in [-0.3, -0.25) is 10.1 Å². The van der Waals surface area contributed by atoms with Gasteiger partial charge in [-0.15, -0.1) is 0 Å². The molecule has 0 amide bonds. The fraction of sp³-hybridized carbons (Fsp3) is 0.129. The number of nitro groups is 1. The maximum Gasteiger partial charge on any atom is 0.336 e. The van der Waals surface area contributed by atoms with Gasteiger partial charge < -0.3 is 9.84 Å². The molecule has 7 heteroatoms. The molecular weight excluding hydrogens is 485 g/mol. The van der Waals surface area contributed by atoms with Gasteiger partial charge in [-0.25, -0.2) is 9.18 Å². The van der Waals surface area contributed by atoms with Crippen LogP contribution in [0.25, 0.3) is 23.3 Å². The predicted molar refractivity (Wildman–Crippen MR) is 144 cm³/mol. The van der Waals surface area contributed by atoms with Crippen molar-refractivity contribution in [1.29, 1.82) is 0 Å². The number of carboxylic acids is 1. The van der Waals surface area contributed by atoms with Crippen LogP contribution in [0.5, 0.6) is 11.5 Å². The standard InChI is InChI=1S/C31H24FNO5/c32-26-12-8-22(9-13-26)24-11-15-28(31(34)35)25(18-24)7-5-20-6-16-30(29(17-20)33(36)37)38-27-14-10-21-3-1-2-4-23(21)19-27/h5-19H,1-4H2,(H,34,35)/b7-5+. The molecule has 1 N–H and O–H groups in total. The van der Waals surface area contributed by atoms with Crippen LogP contribution in [-0.4, -0.2) is 16.0 Å². The summed E-state index contributed by atoms with van der Waals surface area (Å²) in [4.78, 5) is 23.1. The van der Waals surface area contributed by atoms with E-state index in [0.717, 1.165) is 36.8 Å². The molecule has 5 rings (SSSR count). The van der Waals surface area contributed by atoms with E-state index in [1.165, 1.54) is 35.4 Å². The maximum absolute atomic E-state index is 13.3. The summed E-state index contributed by atoms with van der Waals surface area (Å²) in [6.45, 7) is 0. The van der Waals surface area contributed by atoms with Gasteiger partial charge in [0.1, 0.15) is 11.6 Å². The molecule has 0 saturated heterocycles. The zero-order valence-electron chi connectivity index (χ0n) is 20.4. The summed E-state index contributed by atoms with van der Waals surface area (Å²) < 4.78 is 19.2.